The summed E-state index contributed by atoms with van der Waals surface area (Å²) in [7, 11) is 1.36. The molecule has 1 N–H and O–H groups in total. The van der Waals surface area contributed by atoms with Crippen LogP contribution in [0, 0.1) is 13.8 Å². The highest BCUT2D eigenvalue weighted by Crippen LogP contribution is 2.22. The SMILES string of the molecule is COC(=O)c1cc(Cl)ccc1NCc1ccc(C)c(C)c1. The molecule has 0 amide bonds. The second kappa shape index (κ2) is 6.64. The van der Waals surface area contributed by atoms with Crippen LogP contribution >= 0.6 is 11.6 Å². The van der Waals surface area contributed by atoms with Gasteiger partial charge in [-0.15, -0.1) is 0 Å². The molecule has 0 spiro atoms. The number of benzene rings is 2. The van der Waals surface area contributed by atoms with Gasteiger partial charge in [-0.3, -0.25) is 0 Å². The highest BCUT2D eigenvalue weighted by atomic mass is 35.5. The number of rotatable bonds is 4. The van der Waals surface area contributed by atoms with Gasteiger partial charge in [0.15, 0.2) is 0 Å². The Bertz CT molecular complexity index is 668. The van der Waals surface area contributed by atoms with Gasteiger partial charge in [0.05, 0.1) is 12.7 Å². The number of esters is 1. The number of anilines is 1. The molecule has 0 aliphatic heterocycles. The van der Waals surface area contributed by atoms with E-state index in [9.17, 15) is 4.79 Å². The van der Waals surface area contributed by atoms with Crippen LogP contribution in [-0.2, 0) is 11.3 Å². The van der Waals surface area contributed by atoms with Gasteiger partial charge in [0.2, 0.25) is 0 Å². The molecule has 3 nitrogen and oxygen atoms in total. The van der Waals surface area contributed by atoms with E-state index in [1.54, 1.807) is 18.2 Å². The largest absolute Gasteiger partial charge is 0.465 e. The zero-order valence-corrected chi connectivity index (χ0v) is 13.1. The molecule has 2 rings (SSSR count). The third-order valence-corrected chi connectivity index (χ3v) is 3.68. The van der Waals surface area contributed by atoms with Gasteiger partial charge in [-0.2, -0.15) is 0 Å². The average Bonchev–Trinajstić information content (AvgIpc) is 2.48. The summed E-state index contributed by atoms with van der Waals surface area (Å²) in [4.78, 5) is 11.8. The minimum atomic E-state index is -0.403. The Morgan fingerprint density at radius 1 is 1.14 bits per heavy atom. The van der Waals surface area contributed by atoms with Gasteiger partial charge in [0.1, 0.15) is 0 Å². The van der Waals surface area contributed by atoms with Gasteiger partial charge in [-0.05, 0) is 48.7 Å². The minimum absolute atomic E-state index is 0.403. The van der Waals surface area contributed by atoms with E-state index < -0.39 is 5.97 Å². The van der Waals surface area contributed by atoms with E-state index in [2.05, 4.69) is 37.4 Å². The Hall–Kier alpha value is -2.00. The quantitative estimate of drug-likeness (QED) is 0.853. The molecule has 0 atom stereocenters. The number of halogens is 1. The van der Waals surface area contributed by atoms with Crippen molar-refractivity contribution in [1.29, 1.82) is 0 Å². The zero-order chi connectivity index (χ0) is 15.4. The van der Waals surface area contributed by atoms with Crippen molar-refractivity contribution in [3.63, 3.8) is 0 Å². The number of hydrogen-bond donors (Lipinski definition) is 1. The van der Waals surface area contributed by atoms with Crippen molar-refractivity contribution < 1.29 is 9.53 Å². The van der Waals surface area contributed by atoms with Gasteiger partial charge < -0.3 is 10.1 Å². The zero-order valence-electron chi connectivity index (χ0n) is 12.4. The first-order valence-electron chi connectivity index (χ1n) is 6.69. The molecule has 0 unspecified atom stereocenters. The van der Waals surface area contributed by atoms with Crippen LogP contribution in [-0.4, -0.2) is 13.1 Å². The molecule has 21 heavy (non-hydrogen) atoms. The standard InChI is InChI=1S/C17H18ClNO2/c1-11-4-5-13(8-12(11)2)10-19-16-7-6-14(18)9-15(16)17(20)21-3/h4-9,19H,10H2,1-3H3. The van der Waals surface area contributed by atoms with Gasteiger partial charge in [0.25, 0.3) is 0 Å². The van der Waals surface area contributed by atoms with E-state index in [1.165, 1.54) is 18.2 Å². The van der Waals surface area contributed by atoms with Crippen molar-refractivity contribution in [3.05, 3.63) is 63.7 Å². The molecule has 2 aromatic carbocycles. The van der Waals surface area contributed by atoms with E-state index >= 15 is 0 Å². The molecular weight excluding hydrogens is 286 g/mol. The van der Waals surface area contributed by atoms with E-state index in [1.807, 2.05) is 0 Å². The Balaban J connectivity index is 2.19. The fraction of sp³-hybridized carbons (Fsp3) is 0.235. The van der Waals surface area contributed by atoms with Crippen LogP contribution in [0.2, 0.25) is 5.02 Å². The summed E-state index contributed by atoms with van der Waals surface area (Å²) in [5, 5.41) is 3.77. The molecule has 0 radical (unpaired) electrons. The summed E-state index contributed by atoms with van der Waals surface area (Å²) in [6, 6.07) is 11.4. The summed E-state index contributed by atoms with van der Waals surface area (Å²) in [6.07, 6.45) is 0. The summed E-state index contributed by atoms with van der Waals surface area (Å²) >= 11 is 5.94. The molecule has 0 aliphatic carbocycles. The second-order valence-corrected chi connectivity index (χ2v) is 5.39. The van der Waals surface area contributed by atoms with Gasteiger partial charge in [-0.25, -0.2) is 4.79 Å². The van der Waals surface area contributed by atoms with Crippen molar-refractivity contribution in [2.45, 2.75) is 20.4 Å². The first-order valence-corrected chi connectivity index (χ1v) is 7.07. The fourth-order valence-corrected chi connectivity index (χ4v) is 2.23. The average molecular weight is 304 g/mol. The lowest BCUT2D eigenvalue weighted by atomic mass is 10.1. The molecule has 0 bridgehead atoms. The van der Waals surface area contributed by atoms with E-state index in [0.717, 1.165) is 5.56 Å². The summed E-state index contributed by atoms with van der Waals surface area (Å²) < 4.78 is 4.78. The van der Waals surface area contributed by atoms with Crippen molar-refractivity contribution in [1.82, 2.24) is 0 Å². The lowest BCUT2D eigenvalue weighted by Crippen LogP contribution is -2.08. The molecule has 110 valence electrons. The monoisotopic (exact) mass is 303 g/mol. The summed E-state index contributed by atoms with van der Waals surface area (Å²) in [6.45, 7) is 4.80. The van der Waals surface area contributed by atoms with Gasteiger partial charge in [-0.1, -0.05) is 29.8 Å². The number of methoxy groups -OCH3 is 1. The Labute approximate surface area is 129 Å². The number of carbonyl (C=O) groups excluding carboxylic acids is 1. The fourth-order valence-electron chi connectivity index (χ4n) is 2.06. The number of hydrogen-bond acceptors (Lipinski definition) is 3. The number of aryl methyl sites for hydroxylation is 2. The first-order chi connectivity index (χ1) is 10.0. The third kappa shape index (κ3) is 3.76. The molecule has 0 fully saturated rings. The Morgan fingerprint density at radius 2 is 1.90 bits per heavy atom. The Morgan fingerprint density at radius 3 is 2.57 bits per heavy atom. The maximum Gasteiger partial charge on any atom is 0.340 e. The summed E-state index contributed by atoms with van der Waals surface area (Å²) in [5.74, 6) is -0.403. The molecular formula is C17H18ClNO2. The van der Waals surface area contributed by atoms with Crippen molar-refractivity contribution in [3.8, 4) is 0 Å². The number of carbonyl (C=O) groups is 1. The molecule has 0 aromatic heterocycles. The Kier molecular flexibility index (Phi) is 4.86. The van der Waals surface area contributed by atoms with Crippen LogP contribution in [0.4, 0.5) is 5.69 Å². The second-order valence-electron chi connectivity index (χ2n) is 4.95. The predicted molar refractivity (Wildman–Crippen MR) is 86.0 cm³/mol. The van der Waals surface area contributed by atoms with Crippen LogP contribution in [0.15, 0.2) is 36.4 Å². The van der Waals surface area contributed by atoms with Gasteiger partial charge >= 0.3 is 5.97 Å². The predicted octanol–water partition coefficient (Wildman–Crippen LogP) is 4.36. The van der Waals surface area contributed by atoms with Crippen LogP contribution < -0.4 is 5.32 Å². The van der Waals surface area contributed by atoms with Gasteiger partial charge in [0, 0.05) is 17.3 Å². The maximum atomic E-state index is 11.8. The smallest absolute Gasteiger partial charge is 0.340 e. The lowest BCUT2D eigenvalue weighted by Gasteiger charge is -2.12. The van der Waals surface area contributed by atoms with Crippen LogP contribution in [0.3, 0.4) is 0 Å². The number of nitrogens with one attached hydrogen (secondary N) is 1. The van der Waals surface area contributed by atoms with Crippen molar-refractivity contribution in [2.24, 2.45) is 0 Å². The topological polar surface area (TPSA) is 38.3 Å². The summed E-state index contributed by atoms with van der Waals surface area (Å²) in [5.41, 5.74) is 4.82. The molecule has 0 saturated carbocycles. The van der Waals surface area contributed by atoms with E-state index in [0.29, 0.717) is 22.8 Å². The highest BCUT2D eigenvalue weighted by Gasteiger charge is 2.12. The van der Waals surface area contributed by atoms with Crippen LogP contribution in [0.5, 0.6) is 0 Å². The normalized spacial score (nSPS) is 10.3. The highest BCUT2D eigenvalue weighted by molar-refractivity contribution is 6.31. The van der Waals surface area contributed by atoms with Crippen LogP contribution in [0.1, 0.15) is 27.0 Å². The van der Waals surface area contributed by atoms with Crippen LogP contribution in [0.25, 0.3) is 0 Å². The maximum absolute atomic E-state index is 11.8. The van der Waals surface area contributed by atoms with E-state index in [4.69, 9.17) is 16.3 Å². The molecule has 0 heterocycles. The number of ether oxygens (including phenoxy) is 1. The molecule has 0 aliphatic rings. The molecule has 2 aromatic rings. The third-order valence-electron chi connectivity index (χ3n) is 3.44. The lowest BCUT2D eigenvalue weighted by molar-refractivity contribution is 0.0602. The van der Waals surface area contributed by atoms with Crippen molar-refractivity contribution >= 4 is 23.3 Å². The minimum Gasteiger partial charge on any atom is -0.465 e. The molecule has 0 saturated heterocycles. The first kappa shape index (κ1) is 15.4. The van der Waals surface area contributed by atoms with E-state index in [-0.39, 0.29) is 0 Å². The molecule has 4 heteroatoms. The van der Waals surface area contributed by atoms with Crippen molar-refractivity contribution in [2.75, 3.05) is 12.4 Å².